The number of rotatable bonds is 6. The first-order chi connectivity index (χ1) is 8.47. The van der Waals surface area contributed by atoms with Gasteiger partial charge in [-0.2, -0.15) is 5.10 Å². The van der Waals surface area contributed by atoms with Crippen LogP contribution < -0.4 is 16.6 Å². The van der Waals surface area contributed by atoms with Crippen LogP contribution in [0, 0.1) is 0 Å². The van der Waals surface area contributed by atoms with Crippen LogP contribution >= 0.6 is 15.9 Å². The van der Waals surface area contributed by atoms with E-state index < -0.39 is 12.1 Å². The molecule has 4 N–H and O–H groups in total. The molecule has 7 heteroatoms. The Labute approximate surface area is 114 Å². The highest BCUT2D eigenvalue weighted by Gasteiger charge is 2.12. The molecule has 0 saturated carbocycles. The van der Waals surface area contributed by atoms with Crippen molar-refractivity contribution in [3.8, 4) is 0 Å². The minimum atomic E-state index is -0.620. The second-order valence-electron chi connectivity index (χ2n) is 3.93. The van der Waals surface area contributed by atoms with Crippen LogP contribution in [0.1, 0.15) is 6.92 Å². The Balaban J connectivity index is 2.82. The number of allylic oxidation sites excluding steroid dienone is 1. The third-order valence-electron chi connectivity index (χ3n) is 2.43. The van der Waals surface area contributed by atoms with Gasteiger partial charge in [-0.1, -0.05) is 6.08 Å². The van der Waals surface area contributed by atoms with Gasteiger partial charge in [-0.3, -0.25) is 4.79 Å². The summed E-state index contributed by atoms with van der Waals surface area (Å²) >= 11 is 3.21. The van der Waals surface area contributed by atoms with Gasteiger partial charge in [-0.05, 0) is 22.9 Å². The Morgan fingerprint density at radius 2 is 2.44 bits per heavy atom. The molecule has 0 aliphatic rings. The zero-order valence-corrected chi connectivity index (χ0v) is 11.7. The number of nitrogens with zero attached hydrogens (tertiary/aromatic N) is 2. The summed E-state index contributed by atoms with van der Waals surface area (Å²) in [6.07, 6.45) is 2.51. The third kappa shape index (κ3) is 3.66. The average molecular weight is 317 g/mol. The molecule has 0 aromatic carbocycles. The van der Waals surface area contributed by atoms with E-state index in [1.807, 2.05) is 0 Å². The van der Waals surface area contributed by atoms with Crippen molar-refractivity contribution in [3.63, 3.8) is 0 Å². The van der Waals surface area contributed by atoms with Crippen molar-refractivity contribution in [2.24, 2.45) is 5.73 Å². The van der Waals surface area contributed by atoms with Crippen LogP contribution in [0.4, 0.5) is 5.69 Å². The van der Waals surface area contributed by atoms with Crippen molar-refractivity contribution < 1.29 is 5.11 Å². The SMILES string of the molecule is C=CCn1ncc(NCC(N)C(C)O)c(Br)c1=O. The molecule has 0 bridgehead atoms. The lowest BCUT2D eigenvalue weighted by molar-refractivity contribution is 0.168. The number of anilines is 1. The molecular formula is C11H17BrN4O2. The first-order valence-corrected chi connectivity index (χ1v) is 6.30. The van der Waals surface area contributed by atoms with Crippen molar-refractivity contribution in [1.82, 2.24) is 9.78 Å². The molecule has 1 rings (SSSR count). The summed E-state index contributed by atoms with van der Waals surface area (Å²) in [7, 11) is 0. The number of aliphatic hydroxyl groups is 1. The highest BCUT2D eigenvalue weighted by molar-refractivity contribution is 9.10. The van der Waals surface area contributed by atoms with Crippen LogP contribution in [0.3, 0.4) is 0 Å². The topological polar surface area (TPSA) is 93.2 Å². The molecule has 2 unspecified atom stereocenters. The van der Waals surface area contributed by atoms with Crippen molar-refractivity contribution >= 4 is 21.6 Å². The lowest BCUT2D eigenvalue weighted by Crippen LogP contribution is -2.39. The largest absolute Gasteiger partial charge is 0.392 e. The summed E-state index contributed by atoms with van der Waals surface area (Å²) in [5.41, 5.74) is 5.99. The molecule has 0 aliphatic heterocycles. The molecular weight excluding hydrogens is 300 g/mol. The third-order valence-corrected chi connectivity index (χ3v) is 3.20. The number of aliphatic hydroxyl groups excluding tert-OH is 1. The highest BCUT2D eigenvalue weighted by Crippen LogP contribution is 2.15. The maximum Gasteiger partial charge on any atom is 0.283 e. The molecule has 2 atom stereocenters. The van der Waals surface area contributed by atoms with Crippen molar-refractivity contribution in [2.45, 2.75) is 25.6 Å². The monoisotopic (exact) mass is 316 g/mol. The molecule has 100 valence electrons. The Morgan fingerprint density at radius 3 is 3.00 bits per heavy atom. The summed E-state index contributed by atoms with van der Waals surface area (Å²) in [5.74, 6) is 0. The van der Waals surface area contributed by atoms with Gasteiger partial charge in [0.05, 0.1) is 24.5 Å². The minimum Gasteiger partial charge on any atom is -0.392 e. The van der Waals surface area contributed by atoms with Crippen molar-refractivity contribution in [2.75, 3.05) is 11.9 Å². The van der Waals surface area contributed by atoms with Gasteiger partial charge in [0.15, 0.2) is 0 Å². The van der Waals surface area contributed by atoms with Gasteiger partial charge in [-0.25, -0.2) is 4.68 Å². The number of halogens is 1. The fraction of sp³-hybridized carbons (Fsp3) is 0.455. The van der Waals surface area contributed by atoms with E-state index in [0.29, 0.717) is 23.2 Å². The standard InChI is InChI=1S/C11H17BrN4O2/c1-3-4-16-11(18)10(12)9(6-15-16)14-5-8(13)7(2)17/h3,6-8,14,17H,1,4-5,13H2,2H3. The molecule has 0 spiro atoms. The molecule has 0 aliphatic carbocycles. The fourth-order valence-electron chi connectivity index (χ4n) is 1.24. The van der Waals surface area contributed by atoms with Gasteiger partial charge < -0.3 is 16.2 Å². The van der Waals surface area contributed by atoms with Crippen LogP contribution in [0.2, 0.25) is 0 Å². The molecule has 1 heterocycles. The van der Waals surface area contributed by atoms with E-state index in [1.54, 1.807) is 13.0 Å². The molecule has 1 aromatic heterocycles. The van der Waals surface area contributed by atoms with E-state index in [1.165, 1.54) is 10.9 Å². The van der Waals surface area contributed by atoms with E-state index in [4.69, 9.17) is 5.73 Å². The van der Waals surface area contributed by atoms with Crippen LogP contribution in [-0.4, -0.2) is 33.6 Å². The number of aromatic nitrogens is 2. The number of nitrogens with two attached hydrogens (primary N) is 1. The van der Waals surface area contributed by atoms with E-state index in [2.05, 4.69) is 32.9 Å². The zero-order chi connectivity index (χ0) is 13.7. The lowest BCUT2D eigenvalue weighted by Gasteiger charge is -2.16. The maximum atomic E-state index is 11.8. The maximum absolute atomic E-state index is 11.8. The summed E-state index contributed by atoms with van der Waals surface area (Å²) in [5, 5.41) is 16.2. The fourth-order valence-corrected chi connectivity index (χ4v) is 1.69. The summed E-state index contributed by atoms with van der Waals surface area (Å²) < 4.78 is 1.67. The van der Waals surface area contributed by atoms with Crippen LogP contribution in [0.25, 0.3) is 0 Å². The van der Waals surface area contributed by atoms with Gasteiger partial charge >= 0.3 is 0 Å². The molecule has 6 nitrogen and oxygen atoms in total. The Kier molecular flexibility index (Phi) is 5.52. The highest BCUT2D eigenvalue weighted by atomic mass is 79.9. The second-order valence-corrected chi connectivity index (χ2v) is 4.73. The summed E-state index contributed by atoms with van der Waals surface area (Å²) in [4.78, 5) is 11.8. The first-order valence-electron chi connectivity index (χ1n) is 5.51. The quantitative estimate of drug-likeness (QED) is 0.657. The number of hydrogen-bond donors (Lipinski definition) is 3. The molecule has 0 radical (unpaired) electrons. The Morgan fingerprint density at radius 1 is 1.78 bits per heavy atom. The van der Waals surface area contributed by atoms with E-state index in [0.717, 1.165) is 0 Å². The molecule has 0 amide bonds. The number of nitrogens with one attached hydrogen (secondary N) is 1. The number of hydrogen-bond acceptors (Lipinski definition) is 5. The van der Waals surface area contributed by atoms with E-state index in [-0.39, 0.29) is 5.56 Å². The normalized spacial score (nSPS) is 14.0. The van der Waals surface area contributed by atoms with Crippen molar-refractivity contribution in [1.29, 1.82) is 0 Å². The van der Waals surface area contributed by atoms with Gasteiger partial charge in [0.1, 0.15) is 4.47 Å². The van der Waals surface area contributed by atoms with Crippen LogP contribution in [-0.2, 0) is 6.54 Å². The molecule has 0 saturated heterocycles. The van der Waals surface area contributed by atoms with E-state index in [9.17, 15) is 9.90 Å². The van der Waals surface area contributed by atoms with Crippen LogP contribution in [0.5, 0.6) is 0 Å². The summed E-state index contributed by atoms with van der Waals surface area (Å²) in [6.45, 7) is 5.87. The smallest absolute Gasteiger partial charge is 0.283 e. The average Bonchev–Trinajstić information content (AvgIpc) is 2.33. The Bertz CT molecular complexity index is 473. The first kappa shape index (κ1) is 14.9. The van der Waals surface area contributed by atoms with Gasteiger partial charge in [-0.15, -0.1) is 6.58 Å². The second kappa shape index (κ2) is 6.67. The summed E-state index contributed by atoms with van der Waals surface area (Å²) in [6, 6.07) is -0.410. The van der Waals surface area contributed by atoms with E-state index >= 15 is 0 Å². The lowest BCUT2D eigenvalue weighted by atomic mass is 10.2. The van der Waals surface area contributed by atoms with Crippen molar-refractivity contribution in [3.05, 3.63) is 33.7 Å². The van der Waals surface area contributed by atoms with Gasteiger partial charge in [0.2, 0.25) is 0 Å². The minimum absolute atomic E-state index is 0.245. The zero-order valence-electron chi connectivity index (χ0n) is 10.1. The molecule has 1 aromatic rings. The predicted molar refractivity (Wildman–Crippen MR) is 74.5 cm³/mol. The van der Waals surface area contributed by atoms with Crippen LogP contribution in [0.15, 0.2) is 28.1 Å². The van der Waals surface area contributed by atoms with Gasteiger partial charge in [0, 0.05) is 12.6 Å². The molecule has 18 heavy (non-hydrogen) atoms. The Hall–Kier alpha value is -1.18. The van der Waals surface area contributed by atoms with Gasteiger partial charge in [0.25, 0.3) is 5.56 Å². The molecule has 0 fully saturated rings. The predicted octanol–water partition coefficient (Wildman–Crippen LogP) is 0.312.